The summed E-state index contributed by atoms with van der Waals surface area (Å²) in [7, 11) is 0. The Bertz CT molecular complexity index is 353. The third-order valence-corrected chi connectivity index (χ3v) is 3.37. The molecule has 0 fully saturated rings. The second-order valence-electron chi connectivity index (χ2n) is 5.25. The molecule has 1 aromatic rings. The van der Waals surface area contributed by atoms with Crippen LogP contribution in [-0.4, -0.2) is 12.1 Å². The van der Waals surface area contributed by atoms with Gasteiger partial charge in [0, 0.05) is 17.6 Å². The molecule has 1 rings (SSSR count). The van der Waals surface area contributed by atoms with Crippen molar-refractivity contribution in [3.05, 3.63) is 35.4 Å². The van der Waals surface area contributed by atoms with Crippen LogP contribution in [0.3, 0.4) is 0 Å². The van der Waals surface area contributed by atoms with Gasteiger partial charge in [-0.2, -0.15) is 0 Å². The monoisotopic (exact) mass is 269 g/mol. The molecule has 3 heteroatoms. The topological polar surface area (TPSA) is 12.0 Å². The zero-order valence-corrected chi connectivity index (χ0v) is 12.2. The van der Waals surface area contributed by atoms with Crippen LogP contribution in [0.25, 0.3) is 0 Å². The van der Waals surface area contributed by atoms with Crippen molar-refractivity contribution >= 4 is 0 Å². The zero-order valence-electron chi connectivity index (χ0n) is 12.2. The Kier molecular flexibility index (Phi) is 7.00. The van der Waals surface area contributed by atoms with Crippen molar-refractivity contribution in [1.29, 1.82) is 0 Å². The molecular formula is C16H25F2N. The molecule has 1 N–H and O–H groups in total. The first-order chi connectivity index (χ1) is 9.08. The predicted octanol–water partition coefficient (Wildman–Crippen LogP) is 4.45. The van der Waals surface area contributed by atoms with Gasteiger partial charge in [-0.1, -0.05) is 32.8 Å². The lowest BCUT2D eigenvalue weighted by molar-refractivity contribution is 0.389. The third-order valence-electron chi connectivity index (χ3n) is 3.37. The van der Waals surface area contributed by atoms with Crippen molar-refractivity contribution in [3.8, 4) is 0 Å². The number of rotatable bonds is 8. The SMILES string of the molecule is CCCC(CCC)NC(C)Cc1c(F)cccc1F. The Labute approximate surface area is 115 Å². The number of hydrogen-bond acceptors (Lipinski definition) is 1. The Morgan fingerprint density at radius 2 is 1.58 bits per heavy atom. The second-order valence-corrected chi connectivity index (χ2v) is 5.25. The van der Waals surface area contributed by atoms with Gasteiger partial charge < -0.3 is 5.32 Å². The summed E-state index contributed by atoms with van der Waals surface area (Å²) in [5.74, 6) is -0.896. The minimum Gasteiger partial charge on any atom is -0.311 e. The van der Waals surface area contributed by atoms with Crippen LogP contribution in [0.2, 0.25) is 0 Å². The van der Waals surface area contributed by atoms with Gasteiger partial charge in [0.2, 0.25) is 0 Å². The minimum absolute atomic E-state index is 0.0782. The van der Waals surface area contributed by atoms with Crippen molar-refractivity contribution in [2.24, 2.45) is 0 Å². The third kappa shape index (κ3) is 5.27. The van der Waals surface area contributed by atoms with Crippen LogP contribution in [0.5, 0.6) is 0 Å². The molecule has 0 radical (unpaired) electrons. The second kappa shape index (κ2) is 8.26. The Hall–Kier alpha value is -0.960. The van der Waals surface area contributed by atoms with Gasteiger partial charge in [0.15, 0.2) is 0 Å². The quantitative estimate of drug-likeness (QED) is 0.735. The van der Waals surface area contributed by atoms with E-state index in [2.05, 4.69) is 19.2 Å². The molecule has 0 heterocycles. The van der Waals surface area contributed by atoms with Crippen LogP contribution in [0, 0.1) is 11.6 Å². The summed E-state index contributed by atoms with van der Waals surface area (Å²) in [6.07, 6.45) is 4.86. The first-order valence-electron chi connectivity index (χ1n) is 7.27. The van der Waals surface area contributed by atoms with Gasteiger partial charge >= 0.3 is 0 Å². The van der Waals surface area contributed by atoms with Crippen LogP contribution in [0.4, 0.5) is 8.78 Å². The largest absolute Gasteiger partial charge is 0.311 e. The summed E-state index contributed by atoms with van der Waals surface area (Å²) in [6.45, 7) is 6.31. The molecule has 1 atom stereocenters. The fourth-order valence-corrected chi connectivity index (χ4v) is 2.50. The van der Waals surface area contributed by atoms with Gasteiger partial charge in [-0.15, -0.1) is 0 Å². The molecule has 0 saturated heterocycles. The molecule has 1 unspecified atom stereocenters. The van der Waals surface area contributed by atoms with Gasteiger partial charge in [0.25, 0.3) is 0 Å². The highest BCUT2D eigenvalue weighted by atomic mass is 19.1. The van der Waals surface area contributed by atoms with Crippen molar-refractivity contribution in [1.82, 2.24) is 5.32 Å². The molecule has 0 aromatic heterocycles. The molecule has 0 bridgehead atoms. The molecule has 0 aliphatic carbocycles. The number of nitrogens with one attached hydrogen (secondary N) is 1. The number of halogens is 2. The van der Waals surface area contributed by atoms with Gasteiger partial charge in [-0.25, -0.2) is 8.78 Å². The first kappa shape index (κ1) is 16.1. The maximum absolute atomic E-state index is 13.6. The summed E-state index contributed by atoms with van der Waals surface area (Å²) in [5, 5.41) is 3.49. The lowest BCUT2D eigenvalue weighted by Gasteiger charge is -2.23. The normalized spacial score (nSPS) is 12.9. The van der Waals surface area contributed by atoms with E-state index < -0.39 is 11.6 Å². The van der Waals surface area contributed by atoms with E-state index in [9.17, 15) is 8.78 Å². The van der Waals surface area contributed by atoms with E-state index in [1.54, 1.807) is 0 Å². The first-order valence-corrected chi connectivity index (χ1v) is 7.27. The van der Waals surface area contributed by atoms with Crippen molar-refractivity contribution in [2.75, 3.05) is 0 Å². The lowest BCUT2D eigenvalue weighted by Crippen LogP contribution is -2.38. The molecule has 0 amide bonds. The molecule has 0 spiro atoms. The summed E-state index contributed by atoms with van der Waals surface area (Å²) < 4.78 is 27.2. The fourth-order valence-electron chi connectivity index (χ4n) is 2.50. The summed E-state index contributed by atoms with van der Waals surface area (Å²) in [5.41, 5.74) is 0.189. The molecule has 1 aromatic carbocycles. The highest BCUT2D eigenvalue weighted by Gasteiger charge is 2.15. The molecular weight excluding hydrogens is 244 g/mol. The van der Waals surface area contributed by atoms with E-state index in [0.717, 1.165) is 25.7 Å². The zero-order chi connectivity index (χ0) is 14.3. The van der Waals surface area contributed by atoms with E-state index in [-0.39, 0.29) is 11.6 Å². The van der Waals surface area contributed by atoms with Crippen molar-refractivity contribution < 1.29 is 8.78 Å². The van der Waals surface area contributed by atoms with Crippen molar-refractivity contribution in [2.45, 2.75) is 65.0 Å². The highest BCUT2D eigenvalue weighted by molar-refractivity contribution is 5.20. The maximum Gasteiger partial charge on any atom is 0.129 e. The average molecular weight is 269 g/mol. The van der Waals surface area contributed by atoms with Crippen LogP contribution in [0.15, 0.2) is 18.2 Å². The Morgan fingerprint density at radius 1 is 1.05 bits per heavy atom. The Balaban J connectivity index is 2.60. The van der Waals surface area contributed by atoms with Crippen LogP contribution < -0.4 is 5.32 Å². The van der Waals surface area contributed by atoms with Crippen LogP contribution >= 0.6 is 0 Å². The fraction of sp³-hybridized carbons (Fsp3) is 0.625. The van der Waals surface area contributed by atoms with E-state index in [1.807, 2.05) is 6.92 Å². The molecule has 0 aliphatic heterocycles. The standard InChI is InChI=1S/C16H25F2N/c1-4-7-13(8-5-2)19-12(3)11-14-15(17)9-6-10-16(14)18/h6,9-10,12-13,19H,4-5,7-8,11H2,1-3H3. The predicted molar refractivity (Wildman–Crippen MR) is 76.3 cm³/mol. The van der Waals surface area contributed by atoms with E-state index in [1.165, 1.54) is 18.2 Å². The summed E-state index contributed by atoms with van der Waals surface area (Å²) in [6, 6.07) is 4.57. The summed E-state index contributed by atoms with van der Waals surface area (Å²) >= 11 is 0. The summed E-state index contributed by atoms with van der Waals surface area (Å²) in [4.78, 5) is 0. The van der Waals surface area contributed by atoms with Crippen molar-refractivity contribution in [3.63, 3.8) is 0 Å². The number of benzene rings is 1. The van der Waals surface area contributed by atoms with E-state index in [4.69, 9.17) is 0 Å². The van der Waals surface area contributed by atoms with Crippen LogP contribution in [0.1, 0.15) is 52.0 Å². The number of hydrogen-bond donors (Lipinski definition) is 1. The molecule has 19 heavy (non-hydrogen) atoms. The van der Waals surface area contributed by atoms with Crippen LogP contribution in [-0.2, 0) is 6.42 Å². The van der Waals surface area contributed by atoms with Gasteiger partial charge in [0.05, 0.1) is 0 Å². The van der Waals surface area contributed by atoms with E-state index >= 15 is 0 Å². The molecule has 0 aliphatic rings. The van der Waals surface area contributed by atoms with Gasteiger partial charge in [-0.05, 0) is 38.3 Å². The lowest BCUT2D eigenvalue weighted by atomic mass is 10.0. The van der Waals surface area contributed by atoms with E-state index in [0.29, 0.717) is 12.5 Å². The molecule has 108 valence electrons. The van der Waals surface area contributed by atoms with Gasteiger partial charge in [-0.3, -0.25) is 0 Å². The average Bonchev–Trinajstić information content (AvgIpc) is 2.35. The molecule has 1 nitrogen and oxygen atoms in total. The smallest absolute Gasteiger partial charge is 0.129 e. The maximum atomic E-state index is 13.6. The van der Waals surface area contributed by atoms with Gasteiger partial charge in [0.1, 0.15) is 11.6 Å². The highest BCUT2D eigenvalue weighted by Crippen LogP contribution is 2.15. The molecule has 0 saturated carbocycles. The minimum atomic E-state index is -0.448. The Morgan fingerprint density at radius 3 is 2.05 bits per heavy atom.